The molecule has 3 rings (SSSR count). The monoisotopic (exact) mass is 314 g/mol. The summed E-state index contributed by atoms with van der Waals surface area (Å²) >= 11 is 0. The lowest BCUT2D eigenvalue weighted by atomic mass is 10.1. The number of esters is 1. The van der Waals surface area contributed by atoms with Crippen molar-refractivity contribution in [3.8, 4) is 0 Å². The van der Waals surface area contributed by atoms with E-state index >= 15 is 0 Å². The van der Waals surface area contributed by atoms with Crippen LogP contribution in [0, 0.1) is 6.92 Å². The van der Waals surface area contributed by atoms with E-state index in [2.05, 4.69) is 24.2 Å². The Morgan fingerprint density at radius 1 is 1.48 bits per heavy atom. The van der Waals surface area contributed by atoms with Crippen LogP contribution in [-0.2, 0) is 14.3 Å². The molecule has 1 saturated heterocycles. The van der Waals surface area contributed by atoms with Gasteiger partial charge in [0.2, 0.25) is 0 Å². The first-order valence-electron chi connectivity index (χ1n) is 8.14. The number of aryl methyl sites for hydroxylation is 1. The average molecular weight is 314 g/mol. The molecule has 0 N–H and O–H groups in total. The fraction of sp³-hybridized carbons (Fsp3) is 0.444. The normalized spacial score (nSPS) is 18.6. The summed E-state index contributed by atoms with van der Waals surface area (Å²) in [6, 6.07) is 6.21. The lowest BCUT2D eigenvalue weighted by Gasteiger charge is -2.23. The predicted molar refractivity (Wildman–Crippen MR) is 89.0 cm³/mol. The highest BCUT2D eigenvalue weighted by Crippen LogP contribution is 2.29. The number of carbonyl (C=O) groups is 1. The van der Waals surface area contributed by atoms with Crippen LogP contribution in [0.4, 0.5) is 0 Å². The van der Waals surface area contributed by atoms with E-state index < -0.39 is 0 Å². The molecule has 2 heterocycles. The highest BCUT2D eigenvalue weighted by Gasteiger charge is 2.20. The van der Waals surface area contributed by atoms with Gasteiger partial charge in [-0.2, -0.15) is 5.10 Å². The number of fused-ring (bicyclic) bond motifs is 1. The molecular formula is C18H22N2O3. The molecule has 1 fully saturated rings. The zero-order valence-electron chi connectivity index (χ0n) is 13.6. The van der Waals surface area contributed by atoms with Crippen molar-refractivity contribution in [1.29, 1.82) is 0 Å². The first kappa shape index (κ1) is 15.7. The zero-order valence-corrected chi connectivity index (χ0v) is 13.6. The quantitative estimate of drug-likeness (QED) is 0.639. The molecule has 1 atom stereocenters. The van der Waals surface area contributed by atoms with E-state index in [1.54, 1.807) is 13.0 Å². The van der Waals surface area contributed by atoms with Gasteiger partial charge in [-0.3, -0.25) is 0 Å². The molecular weight excluding hydrogens is 292 g/mol. The number of rotatable bonds is 4. The van der Waals surface area contributed by atoms with E-state index in [9.17, 15) is 4.79 Å². The predicted octanol–water partition coefficient (Wildman–Crippen LogP) is 3.62. The molecule has 0 saturated carbocycles. The molecule has 1 aliphatic heterocycles. The third kappa shape index (κ3) is 3.45. The SMILES string of the molecule is CCOC(=O)/C=C/c1nn(C2CCCCO2)c2cc(C)ccc12. The Morgan fingerprint density at radius 2 is 2.35 bits per heavy atom. The Labute approximate surface area is 135 Å². The summed E-state index contributed by atoms with van der Waals surface area (Å²) in [6.45, 7) is 4.99. The highest BCUT2D eigenvalue weighted by molar-refractivity contribution is 5.93. The van der Waals surface area contributed by atoms with Crippen LogP contribution in [-0.4, -0.2) is 29.0 Å². The molecule has 2 aromatic rings. The van der Waals surface area contributed by atoms with E-state index in [1.807, 2.05) is 10.7 Å². The molecule has 0 spiro atoms. The standard InChI is InChI=1S/C18H22N2O3/c1-3-22-18(21)10-9-15-14-8-7-13(2)12-16(14)20(19-15)17-6-4-5-11-23-17/h7-10,12,17H,3-6,11H2,1-2H3/b10-9+. The van der Waals surface area contributed by atoms with Crippen LogP contribution in [0.5, 0.6) is 0 Å². The summed E-state index contributed by atoms with van der Waals surface area (Å²) in [5.41, 5.74) is 2.98. The van der Waals surface area contributed by atoms with Crippen LogP contribution in [0.1, 0.15) is 43.7 Å². The molecule has 0 amide bonds. The molecule has 23 heavy (non-hydrogen) atoms. The minimum absolute atomic E-state index is 0.0298. The van der Waals surface area contributed by atoms with Crippen molar-refractivity contribution in [2.75, 3.05) is 13.2 Å². The van der Waals surface area contributed by atoms with Crippen LogP contribution >= 0.6 is 0 Å². The lowest BCUT2D eigenvalue weighted by Crippen LogP contribution is -2.19. The average Bonchev–Trinajstić information content (AvgIpc) is 2.92. The van der Waals surface area contributed by atoms with E-state index in [0.29, 0.717) is 6.61 Å². The van der Waals surface area contributed by atoms with Gasteiger partial charge in [0.1, 0.15) is 0 Å². The lowest BCUT2D eigenvalue weighted by molar-refractivity contribution is -0.137. The minimum atomic E-state index is -0.351. The summed E-state index contributed by atoms with van der Waals surface area (Å²) in [6.07, 6.45) is 6.33. The second-order valence-electron chi connectivity index (χ2n) is 5.76. The molecule has 1 aromatic carbocycles. The molecule has 5 heteroatoms. The molecule has 1 aliphatic rings. The summed E-state index contributed by atoms with van der Waals surface area (Å²) in [5, 5.41) is 5.70. The second-order valence-corrected chi connectivity index (χ2v) is 5.76. The van der Waals surface area contributed by atoms with Crippen molar-refractivity contribution in [3.05, 3.63) is 35.5 Å². The Balaban J connectivity index is 1.99. The first-order valence-corrected chi connectivity index (χ1v) is 8.14. The Hall–Kier alpha value is -2.14. The fourth-order valence-corrected chi connectivity index (χ4v) is 2.87. The number of hydrogen-bond donors (Lipinski definition) is 0. The number of ether oxygens (including phenoxy) is 2. The molecule has 0 bridgehead atoms. The van der Waals surface area contributed by atoms with Crippen molar-refractivity contribution in [2.24, 2.45) is 0 Å². The van der Waals surface area contributed by atoms with Gasteiger partial charge in [-0.25, -0.2) is 9.48 Å². The van der Waals surface area contributed by atoms with Gasteiger partial charge in [0, 0.05) is 18.1 Å². The third-order valence-corrected chi connectivity index (χ3v) is 3.98. The Morgan fingerprint density at radius 3 is 3.09 bits per heavy atom. The summed E-state index contributed by atoms with van der Waals surface area (Å²) in [4.78, 5) is 11.5. The van der Waals surface area contributed by atoms with Gasteiger partial charge in [-0.05, 0) is 50.8 Å². The van der Waals surface area contributed by atoms with Gasteiger partial charge in [0.25, 0.3) is 0 Å². The topological polar surface area (TPSA) is 53.3 Å². The van der Waals surface area contributed by atoms with E-state index in [-0.39, 0.29) is 12.2 Å². The zero-order chi connectivity index (χ0) is 16.2. The Bertz CT molecular complexity index is 727. The van der Waals surface area contributed by atoms with E-state index in [0.717, 1.165) is 42.5 Å². The van der Waals surface area contributed by atoms with Gasteiger partial charge < -0.3 is 9.47 Å². The van der Waals surface area contributed by atoms with Crippen LogP contribution in [0.25, 0.3) is 17.0 Å². The van der Waals surface area contributed by atoms with Gasteiger partial charge in [-0.1, -0.05) is 12.1 Å². The summed E-state index contributed by atoms with van der Waals surface area (Å²) < 4.78 is 12.8. The molecule has 122 valence electrons. The van der Waals surface area contributed by atoms with Crippen molar-refractivity contribution >= 4 is 22.9 Å². The van der Waals surface area contributed by atoms with Gasteiger partial charge in [0.05, 0.1) is 17.8 Å². The van der Waals surface area contributed by atoms with Crippen LogP contribution in [0.15, 0.2) is 24.3 Å². The summed E-state index contributed by atoms with van der Waals surface area (Å²) in [7, 11) is 0. The number of hydrogen-bond acceptors (Lipinski definition) is 4. The van der Waals surface area contributed by atoms with Crippen molar-refractivity contribution in [2.45, 2.75) is 39.3 Å². The number of nitrogens with zero attached hydrogens (tertiary/aromatic N) is 2. The largest absolute Gasteiger partial charge is 0.463 e. The van der Waals surface area contributed by atoms with Crippen LogP contribution < -0.4 is 0 Å². The van der Waals surface area contributed by atoms with E-state index in [1.165, 1.54) is 11.6 Å². The maximum atomic E-state index is 11.5. The molecule has 0 radical (unpaired) electrons. The van der Waals surface area contributed by atoms with Crippen molar-refractivity contribution < 1.29 is 14.3 Å². The Kier molecular flexibility index (Phi) is 4.76. The maximum absolute atomic E-state index is 11.5. The number of aromatic nitrogens is 2. The smallest absolute Gasteiger partial charge is 0.330 e. The maximum Gasteiger partial charge on any atom is 0.330 e. The van der Waals surface area contributed by atoms with Crippen LogP contribution in [0.2, 0.25) is 0 Å². The number of carbonyl (C=O) groups excluding carboxylic acids is 1. The van der Waals surface area contributed by atoms with Crippen LogP contribution in [0.3, 0.4) is 0 Å². The van der Waals surface area contributed by atoms with E-state index in [4.69, 9.17) is 9.47 Å². The van der Waals surface area contributed by atoms with Crippen molar-refractivity contribution in [3.63, 3.8) is 0 Å². The molecule has 1 aromatic heterocycles. The molecule has 0 aliphatic carbocycles. The van der Waals surface area contributed by atoms with Crippen molar-refractivity contribution in [1.82, 2.24) is 9.78 Å². The van der Waals surface area contributed by atoms with Gasteiger partial charge in [-0.15, -0.1) is 0 Å². The second kappa shape index (κ2) is 6.96. The first-order chi connectivity index (χ1) is 11.2. The molecule has 5 nitrogen and oxygen atoms in total. The minimum Gasteiger partial charge on any atom is -0.463 e. The van der Waals surface area contributed by atoms with Gasteiger partial charge in [0.15, 0.2) is 6.23 Å². The fourth-order valence-electron chi connectivity index (χ4n) is 2.87. The van der Waals surface area contributed by atoms with Gasteiger partial charge >= 0.3 is 5.97 Å². The number of benzene rings is 1. The highest BCUT2D eigenvalue weighted by atomic mass is 16.5. The molecule has 1 unspecified atom stereocenters. The summed E-state index contributed by atoms with van der Waals surface area (Å²) in [5.74, 6) is -0.351. The third-order valence-electron chi connectivity index (χ3n) is 3.98.